The van der Waals surface area contributed by atoms with Gasteiger partial charge in [0.25, 0.3) is 0 Å². The van der Waals surface area contributed by atoms with Crippen LogP contribution in [0.3, 0.4) is 0 Å². The summed E-state index contributed by atoms with van der Waals surface area (Å²) < 4.78 is 0. The molecule has 0 heterocycles. The first-order chi connectivity index (χ1) is 8.15. The van der Waals surface area contributed by atoms with Crippen molar-refractivity contribution in [3.8, 4) is 0 Å². The van der Waals surface area contributed by atoms with Gasteiger partial charge in [-0.15, -0.1) is 12.6 Å². The smallest absolute Gasteiger partial charge is 0.0163 e. The van der Waals surface area contributed by atoms with E-state index in [0.717, 1.165) is 4.90 Å². The maximum Gasteiger partial charge on any atom is 0.0163 e. The first-order valence-corrected chi connectivity index (χ1v) is 7.40. The lowest BCUT2D eigenvalue weighted by Crippen LogP contribution is -2.34. The Morgan fingerprint density at radius 3 is 2.22 bits per heavy atom. The molecular formula is C17H25S. The van der Waals surface area contributed by atoms with Crippen LogP contribution in [0.15, 0.2) is 11.0 Å². The fourth-order valence-electron chi connectivity index (χ4n) is 3.01. The van der Waals surface area contributed by atoms with Gasteiger partial charge in [-0.05, 0) is 46.3 Å². The SMILES string of the molecule is CC(C)c1[c]c(S)c2c(c1)C(C)(C)CCC2(C)C. The van der Waals surface area contributed by atoms with Crippen molar-refractivity contribution < 1.29 is 0 Å². The number of hydrogen-bond acceptors (Lipinski definition) is 1. The molecule has 2 rings (SSSR count). The summed E-state index contributed by atoms with van der Waals surface area (Å²) in [6.07, 6.45) is 2.48. The van der Waals surface area contributed by atoms with Crippen molar-refractivity contribution in [1.29, 1.82) is 0 Å². The molecule has 0 spiro atoms. The normalized spacial score (nSPS) is 20.9. The van der Waals surface area contributed by atoms with E-state index in [2.05, 4.69) is 53.7 Å². The standard InChI is InChI=1S/C17H25S/c1-11(2)12-9-13-15(14(18)10-12)17(5,6)8-7-16(13,3)4/h9,11,18H,7-8H2,1-6H3. The molecule has 1 aliphatic rings. The lowest BCUT2D eigenvalue weighted by molar-refractivity contribution is 0.326. The Kier molecular flexibility index (Phi) is 3.34. The predicted molar refractivity (Wildman–Crippen MR) is 81.9 cm³/mol. The van der Waals surface area contributed by atoms with Gasteiger partial charge in [-0.2, -0.15) is 0 Å². The van der Waals surface area contributed by atoms with E-state index in [1.807, 2.05) is 0 Å². The molecule has 1 aromatic carbocycles. The fraction of sp³-hybridized carbons (Fsp3) is 0.647. The Bertz CT molecular complexity index is 467. The van der Waals surface area contributed by atoms with E-state index < -0.39 is 0 Å². The Morgan fingerprint density at radius 1 is 1.11 bits per heavy atom. The van der Waals surface area contributed by atoms with E-state index >= 15 is 0 Å². The van der Waals surface area contributed by atoms with E-state index in [1.54, 1.807) is 0 Å². The highest BCUT2D eigenvalue weighted by Crippen LogP contribution is 2.48. The van der Waals surface area contributed by atoms with Gasteiger partial charge in [-0.1, -0.05) is 47.6 Å². The van der Waals surface area contributed by atoms with Crippen LogP contribution < -0.4 is 0 Å². The highest BCUT2D eigenvalue weighted by atomic mass is 32.1. The second-order valence-electron chi connectivity index (χ2n) is 7.28. The first-order valence-electron chi connectivity index (χ1n) is 6.95. The molecule has 0 N–H and O–H groups in total. The third-order valence-corrected chi connectivity index (χ3v) is 4.81. The van der Waals surface area contributed by atoms with Crippen molar-refractivity contribution in [2.75, 3.05) is 0 Å². The second kappa shape index (κ2) is 4.30. The van der Waals surface area contributed by atoms with Crippen molar-refractivity contribution in [3.05, 3.63) is 28.8 Å². The van der Waals surface area contributed by atoms with Gasteiger partial charge in [0.2, 0.25) is 0 Å². The lowest BCUT2D eigenvalue weighted by atomic mass is 9.62. The first kappa shape index (κ1) is 14.0. The van der Waals surface area contributed by atoms with Crippen molar-refractivity contribution in [3.63, 3.8) is 0 Å². The van der Waals surface area contributed by atoms with Crippen molar-refractivity contribution >= 4 is 12.6 Å². The minimum absolute atomic E-state index is 0.230. The molecule has 1 aromatic rings. The van der Waals surface area contributed by atoms with Crippen LogP contribution in [0, 0.1) is 6.07 Å². The summed E-state index contributed by atoms with van der Waals surface area (Å²) in [5.41, 5.74) is 4.71. The highest BCUT2D eigenvalue weighted by molar-refractivity contribution is 7.80. The number of thiol groups is 1. The van der Waals surface area contributed by atoms with Gasteiger partial charge in [0.05, 0.1) is 0 Å². The monoisotopic (exact) mass is 261 g/mol. The van der Waals surface area contributed by atoms with E-state index in [0.29, 0.717) is 5.92 Å². The molecule has 1 aliphatic carbocycles. The maximum atomic E-state index is 4.74. The Morgan fingerprint density at radius 2 is 1.67 bits per heavy atom. The molecular weight excluding hydrogens is 236 g/mol. The third-order valence-electron chi connectivity index (χ3n) is 4.47. The number of benzene rings is 1. The fourth-order valence-corrected chi connectivity index (χ4v) is 3.56. The van der Waals surface area contributed by atoms with Crippen LogP contribution >= 0.6 is 12.6 Å². The lowest BCUT2D eigenvalue weighted by Gasteiger charge is -2.43. The van der Waals surface area contributed by atoms with Crippen LogP contribution in [0.5, 0.6) is 0 Å². The van der Waals surface area contributed by atoms with Crippen LogP contribution in [0.2, 0.25) is 0 Å². The van der Waals surface area contributed by atoms with Crippen LogP contribution in [-0.4, -0.2) is 0 Å². The summed E-state index contributed by atoms with van der Waals surface area (Å²) in [5, 5.41) is 0. The van der Waals surface area contributed by atoms with Crippen molar-refractivity contribution in [2.45, 2.75) is 76.0 Å². The van der Waals surface area contributed by atoms with Gasteiger partial charge < -0.3 is 0 Å². The topological polar surface area (TPSA) is 0 Å². The Hall–Kier alpha value is -0.430. The number of rotatable bonds is 1. The molecule has 0 fully saturated rings. The Balaban J connectivity index is 2.71. The molecule has 0 saturated carbocycles. The molecule has 0 aromatic heterocycles. The van der Waals surface area contributed by atoms with Crippen molar-refractivity contribution in [1.82, 2.24) is 0 Å². The molecule has 18 heavy (non-hydrogen) atoms. The summed E-state index contributed by atoms with van der Waals surface area (Å²) in [7, 11) is 0. The molecule has 0 nitrogen and oxygen atoms in total. The number of hydrogen-bond donors (Lipinski definition) is 1. The minimum Gasteiger partial charge on any atom is -0.142 e. The summed E-state index contributed by atoms with van der Waals surface area (Å²) in [6.45, 7) is 13.9. The average Bonchev–Trinajstić information content (AvgIpc) is 2.23. The van der Waals surface area contributed by atoms with Crippen LogP contribution in [0.1, 0.15) is 77.0 Å². The quantitative estimate of drug-likeness (QED) is 0.656. The van der Waals surface area contributed by atoms with E-state index in [9.17, 15) is 0 Å². The third kappa shape index (κ3) is 2.22. The number of fused-ring (bicyclic) bond motifs is 1. The van der Waals surface area contributed by atoms with Crippen LogP contribution in [-0.2, 0) is 10.8 Å². The molecule has 0 saturated heterocycles. The summed E-state index contributed by atoms with van der Waals surface area (Å²) in [6, 6.07) is 5.87. The molecule has 0 unspecified atom stereocenters. The Labute approximate surface area is 118 Å². The second-order valence-corrected chi connectivity index (χ2v) is 7.73. The summed E-state index contributed by atoms with van der Waals surface area (Å²) >= 11 is 4.74. The zero-order valence-electron chi connectivity index (χ0n) is 12.5. The molecule has 0 bridgehead atoms. The predicted octanol–water partition coefficient (Wildman–Crippen LogP) is 5.25. The molecule has 1 radical (unpaired) electrons. The zero-order valence-corrected chi connectivity index (χ0v) is 13.4. The molecule has 99 valence electrons. The van der Waals surface area contributed by atoms with Gasteiger partial charge in [0.15, 0.2) is 0 Å². The average molecular weight is 261 g/mol. The van der Waals surface area contributed by atoms with Gasteiger partial charge in [0.1, 0.15) is 0 Å². The van der Waals surface area contributed by atoms with Crippen molar-refractivity contribution in [2.24, 2.45) is 0 Å². The van der Waals surface area contributed by atoms with Gasteiger partial charge in [-0.3, -0.25) is 0 Å². The van der Waals surface area contributed by atoms with Gasteiger partial charge in [0, 0.05) is 11.0 Å². The van der Waals surface area contributed by atoms with Crippen LogP contribution in [0.4, 0.5) is 0 Å². The molecule has 0 atom stereocenters. The van der Waals surface area contributed by atoms with E-state index in [4.69, 9.17) is 12.6 Å². The molecule has 1 heteroatoms. The largest absolute Gasteiger partial charge is 0.142 e. The zero-order chi connectivity index (χ0) is 13.7. The highest BCUT2D eigenvalue weighted by Gasteiger charge is 2.38. The van der Waals surface area contributed by atoms with Crippen LogP contribution in [0.25, 0.3) is 0 Å². The van der Waals surface area contributed by atoms with Gasteiger partial charge >= 0.3 is 0 Å². The van der Waals surface area contributed by atoms with E-state index in [1.165, 1.54) is 29.5 Å². The van der Waals surface area contributed by atoms with E-state index in [-0.39, 0.29) is 10.8 Å². The summed E-state index contributed by atoms with van der Waals surface area (Å²) in [5.74, 6) is 0.516. The molecule has 0 aliphatic heterocycles. The molecule has 0 amide bonds. The maximum absolute atomic E-state index is 4.74. The minimum atomic E-state index is 0.230. The van der Waals surface area contributed by atoms with Gasteiger partial charge in [-0.25, -0.2) is 0 Å². The summed E-state index contributed by atoms with van der Waals surface area (Å²) in [4.78, 5) is 1.06.